The highest BCUT2D eigenvalue weighted by Crippen LogP contribution is 2.78. The number of methoxy groups -OCH3 is 2. The second-order valence-electron chi connectivity index (χ2n) is 5.41. The van der Waals surface area contributed by atoms with Gasteiger partial charge in [-0.1, -0.05) is 46.4 Å². The molecule has 0 aliphatic heterocycles. The number of ether oxygens (including phenoxy) is 2. The zero-order valence-electron chi connectivity index (χ0n) is 12.6. The maximum atomic E-state index is 12.2. The zero-order chi connectivity index (χ0) is 18.9. The smallest absolute Gasteiger partial charge is 0.338 e. The van der Waals surface area contributed by atoms with Crippen molar-refractivity contribution in [3.8, 4) is 0 Å². The van der Waals surface area contributed by atoms with Gasteiger partial charge >= 0.3 is 11.9 Å². The third-order valence-corrected chi connectivity index (χ3v) is 8.45. The van der Waals surface area contributed by atoms with Gasteiger partial charge in [0.05, 0.1) is 35.4 Å². The van der Waals surface area contributed by atoms with Crippen LogP contribution in [-0.4, -0.2) is 30.5 Å². The monoisotopic (exact) mass is 462 g/mol. The van der Waals surface area contributed by atoms with Crippen molar-refractivity contribution in [3.63, 3.8) is 0 Å². The van der Waals surface area contributed by atoms with E-state index in [1.54, 1.807) is 0 Å². The molecule has 0 aromatic heterocycles. The van der Waals surface area contributed by atoms with Crippen LogP contribution < -0.4 is 0 Å². The summed E-state index contributed by atoms with van der Waals surface area (Å²) in [5, 5.41) is -0.258. The van der Waals surface area contributed by atoms with Gasteiger partial charge in [-0.25, -0.2) is 9.59 Å². The molecule has 2 aliphatic rings. The largest absolute Gasteiger partial charge is 0.465 e. The number of esters is 2. The van der Waals surface area contributed by atoms with E-state index >= 15 is 0 Å². The molecule has 0 fully saturated rings. The first-order chi connectivity index (χ1) is 11.5. The Labute approximate surface area is 172 Å². The number of alkyl halides is 4. The molecule has 4 nitrogen and oxygen atoms in total. The molecule has 0 spiro atoms. The van der Waals surface area contributed by atoms with Crippen LogP contribution in [0.3, 0.4) is 0 Å². The van der Waals surface area contributed by atoms with Crippen molar-refractivity contribution < 1.29 is 19.1 Å². The SMILES string of the molecule is COC(=O)c1ccc(C(=O)OC)c2c1[C@]1(Cl)C(Cl)=C(Cl)[C@@]2(Cl)C1(Cl)Cl. The van der Waals surface area contributed by atoms with Crippen LogP contribution in [0.1, 0.15) is 31.8 Å². The summed E-state index contributed by atoms with van der Waals surface area (Å²) in [6, 6.07) is 2.67. The molecule has 0 saturated carbocycles. The van der Waals surface area contributed by atoms with E-state index in [9.17, 15) is 9.59 Å². The van der Waals surface area contributed by atoms with Gasteiger partial charge in [-0.3, -0.25) is 0 Å². The fourth-order valence-corrected chi connectivity index (χ4v) is 5.94. The molecule has 2 bridgehead atoms. The molecule has 0 saturated heterocycles. The number of hydrogen-bond donors (Lipinski definition) is 0. The number of rotatable bonds is 2. The molecule has 0 N–H and O–H groups in total. The predicted octanol–water partition coefficient (Wildman–Crippen LogP) is 5.02. The van der Waals surface area contributed by atoms with Crippen molar-refractivity contribution in [3.05, 3.63) is 44.5 Å². The Kier molecular flexibility index (Phi) is 4.51. The van der Waals surface area contributed by atoms with E-state index in [1.165, 1.54) is 26.4 Å². The molecule has 2 aliphatic carbocycles. The Hall–Kier alpha value is -0.360. The van der Waals surface area contributed by atoms with Crippen LogP contribution in [-0.2, 0) is 19.2 Å². The standard InChI is InChI=1S/C15H8Cl6O4/c1-24-11(22)5-3-4-6(12(23)25-2)8-7(5)13(18)9(16)10(17)14(8,19)15(13,20)21/h3-4H,1-2H3/t13-,14+. The summed E-state index contributed by atoms with van der Waals surface area (Å²) >= 11 is 38.9. The van der Waals surface area contributed by atoms with E-state index < -0.39 is 26.0 Å². The molecule has 3 rings (SSSR count). The third kappa shape index (κ3) is 1.99. The lowest BCUT2D eigenvalue weighted by Gasteiger charge is -2.31. The maximum absolute atomic E-state index is 12.2. The van der Waals surface area contributed by atoms with Gasteiger partial charge in [-0.15, -0.1) is 23.2 Å². The van der Waals surface area contributed by atoms with Gasteiger partial charge in [0.2, 0.25) is 0 Å². The van der Waals surface area contributed by atoms with Crippen LogP contribution in [0.2, 0.25) is 0 Å². The minimum absolute atomic E-state index is 0.00988. The summed E-state index contributed by atoms with van der Waals surface area (Å²) in [6.07, 6.45) is 0. The van der Waals surface area contributed by atoms with Crippen LogP contribution in [0.15, 0.2) is 22.2 Å². The Bertz CT molecular complexity index is 797. The Morgan fingerprint density at radius 2 is 1.12 bits per heavy atom. The van der Waals surface area contributed by atoms with Gasteiger partial charge in [0.25, 0.3) is 0 Å². The number of allylic oxidation sites excluding steroid dienone is 2. The van der Waals surface area contributed by atoms with E-state index in [-0.39, 0.29) is 32.3 Å². The highest BCUT2D eigenvalue weighted by molar-refractivity contribution is 6.65. The Balaban J connectivity index is 2.52. The van der Waals surface area contributed by atoms with Crippen LogP contribution in [0.4, 0.5) is 0 Å². The summed E-state index contributed by atoms with van der Waals surface area (Å²) in [5.74, 6) is -1.46. The normalized spacial score (nSPS) is 28.8. The summed E-state index contributed by atoms with van der Waals surface area (Å²) < 4.78 is 7.56. The summed E-state index contributed by atoms with van der Waals surface area (Å²) in [4.78, 5) is 20.8. The minimum Gasteiger partial charge on any atom is -0.465 e. The highest BCUT2D eigenvalue weighted by atomic mass is 35.5. The molecular formula is C15H8Cl6O4. The fraction of sp³-hybridized carbons (Fsp3) is 0.333. The Morgan fingerprint density at radius 1 is 0.800 bits per heavy atom. The number of hydrogen-bond acceptors (Lipinski definition) is 4. The quantitative estimate of drug-likeness (QED) is 0.455. The van der Waals surface area contributed by atoms with Crippen LogP contribution in [0, 0.1) is 0 Å². The minimum atomic E-state index is -1.98. The van der Waals surface area contributed by atoms with E-state index in [0.717, 1.165) is 0 Å². The lowest BCUT2D eigenvalue weighted by atomic mass is 9.87. The predicted molar refractivity (Wildman–Crippen MR) is 97.4 cm³/mol. The van der Waals surface area contributed by atoms with Gasteiger partial charge in [0.1, 0.15) is 9.75 Å². The van der Waals surface area contributed by atoms with Gasteiger partial charge < -0.3 is 9.47 Å². The van der Waals surface area contributed by atoms with Crippen molar-refractivity contribution in [2.75, 3.05) is 14.2 Å². The lowest BCUT2D eigenvalue weighted by Crippen LogP contribution is -2.40. The number of carbonyl (C=O) groups excluding carboxylic acids is 2. The van der Waals surface area contributed by atoms with E-state index in [2.05, 4.69) is 0 Å². The average Bonchev–Trinajstić information content (AvgIpc) is 2.80. The third-order valence-electron chi connectivity index (χ3n) is 4.37. The first-order valence-corrected chi connectivity index (χ1v) is 8.95. The van der Waals surface area contributed by atoms with Crippen molar-refractivity contribution in [1.29, 1.82) is 0 Å². The Morgan fingerprint density at radius 3 is 1.40 bits per heavy atom. The zero-order valence-corrected chi connectivity index (χ0v) is 17.1. The van der Waals surface area contributed by atoms with Gasteiger partial charge in [-0.05, 0) is 12.1 Å². The molecule has 134 valence electrons. The molecule has 1 aromatic rings. The first-order valence-electron chi connectivity index (χ1n) is 6.68. The van der Waals surface area contributed by atoms with Crippen LogP contribution in [0.5, 0.6) is 0 Å². The fourth-order valence-electron chi connectivity index (χ4n) is 3.23. The second kappa shape index (κ2) is 5.82. The molecule has 10 heteroatoms. The molecule has 0 unspecified atom stereocenters. The van der Waals surface area contributed by atoms with Gasteiger partial charge in [0, 0.05) is 11.1 Å². The van der Waals surface area contributed by atoms with E-state index in [0.29, 0.717) is 0 Å². The summed E-state index contributed by atoms with van der Waals surface area (Å²) in [6.45, 7) is 0. The summed E-state index contributed by atoms with van der Waals surface area (Å²) in [7, 11) is 2.37. The van der Waals surface area contributed by atoms with Crippen LogP contribution >= 0.6 is 69.6 Å². The molecule has 0 radical (unpaired) electrons. The average molecular weight is 465 g/mol. The molecule has 0 amide bonds. The van der Waals surface area contributed by atoms with Gasteiger partial charge in [0.15, 0.2) is 4.33 Å². The summed E-state index contributed by atoms with van der Waals surface area (Å²) in [5.41, 5.74) is 0.156. The molecule has 25 heavy (non-hydrogen) atoms. The van der Waals surface area contributed by atoms with E-state index in [1.807, 2.05) is 0 Å². The number of fused-ring (bicyclic) bond motifs is 5. The van der Waals surface area contributed by atoms with Crippen molar-refractivity contribution in [1.82, 2.24) is 0 Å². The topological polar surface area (TPSA) is 52.6 Å². The molecular weight excluding hydrogens is 457 g/mol. The second-order valence-corrected chi connectivity index (χ2v) is 8.63. The van der Waals surface area contributed by atoms with Crippen molar-refractivity contribution >= 4 is 81.5 Å². The first kappa shape index (κ1) is 19.4. The molecule has 2 atom stereocenters. The highest BCUT2D eigenvalue weighted by Gasteiger charge is 2.78. The maximum Gasteiger partial charge on any atom is 0.338 e. The molecule has 0 heterocycles. The molecule has 1 aromatic carbocycles. The number of carbonyl (C=O) groups is 2. The van der Waals surface area contributed by atoms with Crippen LogP contribution in [0.25, 0.3) is 0 Å². The van der Waals surface area contributed by atoms with E-state index in [4.69, 9.17) is 79.1 Å². The van der Waals surface area contributed by atoms with Crippen molar-refractivity contribution in [2.24, 2.45) is 0 Å². The van der Waals surface area contributed by atoms with Gasteiger partial charge in [-0.2, -0.15) is 0 Å². The van der Waals surface area contributed by atoms with Crippen molar-refractivity contribution in [2.45, 2.75) is 14.1 Å². The number of halogens is 6. The number of benzene rings is 1. The lowest BCUT2D eigenvalue weighted by molar-refractivity contribution is 0.0584.